The molecule has 0 amide bonds. The Bertz CT molecular complexity index is 1840. The summed E-state index contributed by atoms with van der Waals surface area (Å²) >= 11 is -2.45. The Morgan fingerprint density at radius 1 is 0.846 bits per heavy atom. The molecule has 8 nitrogen and oxygen atoms in total. The van der Waals surface area contributed by atoms with E-state index in [0.717, 1.165) is 22.1 Å². The summed E-state index contributed by atoms with van der Waals surface area (Å²) in [6, 6.07) is 25.9. The molecule has 0 aliphatic rings. The lowest BCUT2D eigenvalue weighted by Crippen LogP contribution is -2.03. The molecule has 5 aromatic rings. The lowest BCUT2D eigenvalue weighted by molar-refractivity contribution is 0.465. The SMILES string of the molecule is CCS(=O)(=O)c1ccc(-c2cc3cc(-c4ccc(Oc5ccccc5S(=O)[O-])c(N)c4)ccc3nc2N)cc1. The van der Waals surface area contributed by atoms with Gasteiger partial charge in [-0.3, -0.25) is 4.21 Å². The number of aromatic nitrogens is 1. The number of ether oxygens (including phenoxy) is 1. The number of benzene rings is 4. The van der Waals surface area contributed by atoms with Crippen LogP contribution in [0.1, 0.15) is 6.92 Å². The molecule has 4 N–H and O–H groups in total. The fourth-order valence-corrected chi connectivity index (χ4v) is 5.57. The summed E-state index contributed by atoms with van der Waals surface area (Å²) < 4.78 is 53.1. The highest BCUT2D eigenvalue weighted by molar-refractivity contribution is 7.91. The van der Waals surface area contributed by atoms with Gasteiger partial charge in [0.05, 0.1) is 26.7 Å². The van der Waals surface area contributed by atoms with Crippen molar-refractivity contribution in [2.45, 2.75) is 16.7 Å². The highest BCUT2D eigenvalue weighted by Crippen LogP contribution is 2.36. The Hall–Kier alpha value is -4.25. The molecule has 39 heavy (non-hydrogen) atoms. The largest absolute Gasteiger partial charge is 0.768 e. The number of pyridine rings is 1. The minimum Gasteiger partial charge on any atom is -0.768 e. The number of para-hydroxylation sites is 1. The number of hydrogen-bond donors (Lipinski definition) is 2. The third-order valence-corrected chi connectivity index (χ3v) is 8.79. The topological polar surface area (TPSA) is 148 Å². The second-order valence-corrected chi connectivity index (χ2v) is 12.0. The average molecular weight is 559 g/mol. The van der Waals surface area contributed by atoms with Gasteiger partial charge in [0.2, 0.25) is 0 Å². The van der Waals surface area contributed by atoms with Crippen LogP contribution >= 0.6 is 0 Å². The highest BCUT2D eigenvalue weighted by atomic mass is 32.2. The standard InChI is InChI=1S/C29H25N3O5S2/c1-2-39(35,36)22-11-7-18(8-12-22)23-16-21-15-19(9-13-25(21)32-29(23)31)20-10-14-26(24(30)17-20)37-27-5-3-4-6-28(27)38(33)34/h3-17H,2,30H2,1H3,(H2,31,32)(H,33,34)/p-1. The molecule has 1 aromatic heterocycles. The number of nitrogens with zero attached hydrogens (tertiary/aromatic N) is 1. The van der Waals surface area contributed by atoms with Gasteiger partial charge in [0.15, 0.2) is 9.84 Å². The van der Waals surface area contributed by atoms with Gasteiger partial charge in [0.1, 0.15) is 17.3 Å². The fraction of sp³-hybridized carbons (Fsp3) is 0.0690. The van der Waals surface area contributed by atoms with Crippen molar-refractivity contribution in [3.05, 3.63) is 91.0 Å². The predicted molar refractivity (Wildman–Crippen MR) is 153 cm³/mol. The molecular weight excluding hydrogens is 534 g/mol. The summed E-state index contributed by atoms with van der Waals surface area (Å²) in [7, 11) is -3.30. The van der Waals surface area contributed by atoms with E-state index >= 15 is 0 Å². The van der Waals surface area contributed by atoms with Gasteiger partial charge in [-0.25, -0.2) is 13.4 Å². The van der Waals surface area contributed by atoms with Crippen LogP contribution in [0.2, 0.25) is 0 Å². The first-order valence-electron chi connectivity index (χ1n) is 12.0. The molecule has 10 heteroatoms. The second kappa shape index (κ2) is 10.5. The third-order valence-electron chi connectivity index (χ3n) is 6.34. The van der Waals surface area contributed by atoms with Crippen molar-refractivity contribution >= 4 is 43.3 Å². The summed E-state index contributed by atoms with van der Waals surface area (Å²) in [6.45, 7) is 1.61. The molecule has 0 fully saturated rings. The van der Waals surface area contributed by atoms with Crippen LogP contribution in [-0.2, 0) is 20.9 Å². The molecule has 5 rings (SSSR count). The van der Waals surface area contributed by atoms with Crippen molar-refractivity contribution in [3.63, 3.8) is 0 Å². The van der Waals surface area contributed by atoms with E-state index in [1.807, 2.05) is 30.3 Å². The normalized spacial score (nSPS) is 12.4. The van der Waals surface area contributed by atoms with Crippen LogP contribution in [0.15, 0.2) is 101 Å². The van der Waals surface area contributed by atoms with Crippen molar-refractivity contribution < 1.29 is 21.9 Å². The van der Waals surface area contributed by atoms with Gasteiger partial charge >= 0.3 is 0 Å². The van der Waals surface area contributed by atoms with Crippen LogP contribution in [0, 0.1) is 0 Å². The maximum atomic E-state index is 12.2. The van der Waals surface area contributed by atoms with Gasteiger partial charge in [-0.15, -0.1) is 0 Å². The second-order valence-electron chi connectivity index (χ2n) is 8.79. The average Bonchev–Trinajstić information content (AvgIpc) is 2.94. The fourth-order valence-electron chi connectivity index (χ4n) is 4.22. The first kappa shape index (κ1) is 26.4. The van der Waals surface area contributed by atoms with E-state index in [4.69, 9.17) is 16.2 Å². The summed E-state index contributed by atoms with van der Waals surface area (Å²) in [5.41, 5.74) is 16.7. The van der Waals surface area contributed by atoms with E-state index in [0.29, 0.717) is 28.3 Å². The number of fused-ring (bicyclic) bond motifs is 1. The number of sulfone groups is 1. The summed E-state index contributed by atoms with van der Waals surface area (Å²) in [5.74, 6) is 0.891. The third kappa shape index (κ3) is 5.35. The molecule has 0 spiro atoms. The minimum atomic E-state index is -3.30. The number of nitrogens with two attached hydrogens (primary N) is 2. The van der Waals surface area contributed by atoms with Crippen molar-refractivity contribution in [2.24, 2.45) is 0 Å². The van der Waals surface area contributed by atoms with E-state index < -0.39 is 20.9 Å². The van der Waals surface area contributed by atoms with Crippen LogP contribution in [0.3, 0.4) is 0 Å². The number of anilines is 2. The zero-order valence-electron chi connectivity index (χ0n) is 20.8. The van der Waals surface area contributed by atoms with E-state index in [2.05, 4.69) is 4.98 Å². The molecule has 0 bridgehead atoms. The molecule has 1 heterocycles. The smallest absolute Gasteiger partial charge is 0.178 e. The van der Waals surface area contributed by atoms with Crippen LogP contribution in [0.4, 0.5) is 11.5 Å². The van der Waals surface area contributed by atoms with Crippen LogP contribution < -0.4 is 16.2 Å². The lowest BCUT2D eigenvalue weighted by Gasteiger charge is -2.15. The van der Waals surface area contributed by atoms with E-state index in [1.165, 1.54) is 6.07 Å². The van der Waals surface area contributed by atoms with E-state index in [9.17, 15) is 17.2 Å². The Morgan fingerprint density at radius 2 is 1.51 bits per heavy atom. The molecule has 0 saturated carbocycles. The Labute approximate surface area is 228 Å². The van der Waals surface area contributed by atoms with Crippen molar-refractivity contribution in [1.29, 1.82) is 0 Å². The monoisotopic (exact) mass is 558 g/mol. The van der Waals surface area contributed by atoms with Gasteiger partial charge in [0, 0.05) is 10.9 Å². The molecular formula is C29H24N3O5S2-. The first-order chi connectivity index (χ1) is 18.7. The van der Waals surface area contributed by atoms with Crippen LogP contribution in [0.25, 0.3) is 33.2 Å². The van der Waals surface area contributed by atoms with Gasteiger partial charge < -0.3 is 20.8 Å². The Kier molecular flexibility index (Phi) is 7.09. The molecule has 0 aliphatic carbocycles. The van der Waals surface area contributed by atoms with Gasteiger partial charge in [-0.2, -0.15) is 0 Å². The molecule has 1 unspecified atom stereocenters. The van der Waals surface area contributed by atoms with E-state index in [-0.39, 0.29) is 21.3 Å². The Morgan fingerprint density at radius 3 is 2.21 bits per heavy atom. The zero-order chi connectivity index (χ0) is 27.7. The maximum Gasteiger partial charge on any atom is 0.178 e. The molecule has 0 aliphatic heterocycles. The van der Waals surface area contributed by atoms with Crippen molar-refractivity contribution in [2.75, 3.05) is 17.2 Å². The number of rotatable bonds is 7. The molecule has 0 radical (unpaired) electrons. The maximum absolute atomic E-state index is 12.2. The zero-order valence-corrected chi connectivity index (χ0v) is 22.5. The Balaban J connectivity index is 1.47. The predicted octanol–water partition coefficient (Wildman–Crippen LogP) is 5.56. The van der Waals surface area contributed by atoms with Crippen LogP contribution in [0.5, 0.6) is 11.5 Å². The lowest BCUT2D eigenvalue weighted by atomic mass is 10.00. The van der Waals surface area contributed by atoms with Gasteiger partial charge in [-0.05, 0) is 82.4 Å². The number of nitrogen functional groups attached to an aromatic ring is 2. The van der Waals surface area contributed by atoms with Crippen molar-refractivity contribution in [1.82, 2.24) is 4.98 Å². The summed E-state index contributed by atoms with van der Waals surface area (Å²) in [4.78, 5) is 4.84. The number of hydrogen-bond acceptors (Lipinski definition) is 8. The van der Waals surface area contributed by atoms with Crippen LogP contribution in [-0.4, -0.2) is 27.9 Å². The van der Waals surface area contributed by atoms with Gasteiger partial charge in [0.25, 0.3) is 0 Å². The molecule has 4 aromatic carbocycles. The van der Waals surface area contributed by atoms with Crippen molar-refractivity contribution in [3.8, 4) is 33.8 Å². The minimum absolute atomic E-state index is 0.0285. The van der Waals surface area contributed by atoms with Gasteiger partial charge in [-0.1, -0.05) is 43.3 Å². The van der Waals surface area contributed by atoms with E-state index in [1.54, 1.807) is 61.5 Å². The summed E-state index contributed by atoms with van der Waals surface area (Å²) in [6.07, 6.45) is 0. The summed E-state index contributed by atoms with van der Waals surface area (Å²) in [5, 5.41) is 0.840. The highest BCUT2D eigenvalue weighted by Gasteiger charge is 2.14. The quantitative estimate of drug-likeness (QED) is 0.195. The molecule has 0 saturated heterocycles. The molecule has 198 valence electrons. The first-order valence-corrected chi connectivity index (χ1v) is 14.7. The molecule has 1 atom stereocenters.